The third-order valence-electron chi connectivity index (χ3n) is 4.77. The summed E-state index contributed by atoms with van der Waals surface area (Å²) >= 11 is 3.48. The smallest absolute Gasteiger partial charge is 0.414 e. The van der Waals surface area contributed by atoms with E-state index in [9.17, 15) is 18.0 Å². The second kappa shape index (κ2) is 14.1. The van der Waals surface area contributed by atoms with Gasteiger partial charge in [-0.25, -0.2) is 14.6 Å². The predicted octanol–water partition coefficient (Wildman–Crippen LogP) is 6.57. The van der Waals surface area contributed by atoms with Crippen molar-refractivity contribution in [1.82, 2.24) is 10.6 Å². The summed E-state index contributed by atoms with van der Waals surface area (Å²) in [6.07, 6.45) is -1.03. The maximum Gasteiger partial charge on any atom is 0.414 e. The second-order valence-electron chi connectivity index (χ2n) is 11.0. The van der Waals surface area contributed by atoms with Gasteiger partial charge in [0.2, 0.25) is 5.96 Å². The quantitative estimate of drug-likeness (QED) is 0.185. The van der Waals surface area contributed by atoms with Gasteiger partial charge in [0.1, 0.15) is 22.7 Å². The lowest BCUT2D eigenvalue weighted by Gasteiger charge is -2.22. The standard InChI is InChI=1S/C28H38BrN3O8S/c1-9-14-37-41(35,36)20-12-10-18(2)23(16-20)38-22-13-11-19(15-21(22)29)17-30-24(31-25(33)39-27(3,4)5)32-26(34)40-28(6,7)8/h10-13,15-16H,9,14,17H2,1-8H3,(H2,30,31,32,33,34). The van der Waals surface area contributed by atoms with Crippen LogP contribution in [-0.4, -0.2) is 44.4 Å². The number of amides is 2. The van der Waals surface area contributed by atoms with Crippen molar-refractivity contribution in [1.29, 1.82) is 0 Å². The van der Waals surface area contributed by atoms with E-state index in [0.717, 1.165) is 5.56 Å². The molecule has 0 saturated carbocycles. The number of alkyl carbamates (subject to hydrolysis) is 2. The highest BCUT2D eigenvalue weighted by Crippen LogP contribution is 2.33. The van der Waals surface area contributed by atoms with E-state index in [0.29, 0.717) is 28.0 Å². The molecular formula is C28H38BrN3O8S. The molecule has 0 aliphatic rings. The fourth-order valence-corrected chi connectivity index (χ4v) is 4.55. The zero-order valence-electron chi connectivity index (χ0n) is 24.6. The number of guanidine groups is 1. The van der Waals surface area contributed by atoms with Crippen LogP contribution in [0.25, 0.3) is 0 Å². The number of ether oxygens (including phenoxy) is 3. The van der Waals surface area contributed by atoms with E-state index in [1.54, 1.807) is 72.7 Å². The highest BCUT2D eigenvalue weighted by atomic mass is 79.9. The molecule has 2 amide bonds. The lowest BCUT2D eigenvalue weighted by molar-refractivity contribution is 0.0545. The molecule has 2 N–H and O–H groups in total. The first kappa shape index (κ1) is 34.0. The molecule has 13 heteroatoms. The minimum Gasteiger partial charge on any atom is -0.456 e. The van der Waals surface area contributed by atoms with Crippen LogP contribution in [0.4, 0.5) is 9.59 Å². The molecule has 0 aliphatic carbocycles. The van der Waals surface area contributed by atoms with Gasteiger partial charge < -0.3 is 14.2 Å². The molecule has 0 fully saturated rings. The van der Waals surface area contributed by atoms with Crippen molar-refractivity contribution in [2.75, 3.05) is 6.61 Å². The highest BCUT2D eigenvalue weighted by Gasteiger charge is 2.22. The molecule has 226 valence electrons. The lowest BCUT2D eigenvalue weighted by Crippen LogP contribution is -2.47. The van der Waals surface area contributed by atoms with E-state index < -0.39 is 33.5 Å². The summed E-state index contributed by atoms with van der Waals surface area (Å²) in [4.78, 5) is 28.9. The average Bonchev–Trinajstić information content (AvgIpc) is 2.81. The third-order valence-corrected chi connectivity index (χ3v) is 6.69. The Bertz CT molecular complexity index is 1350. The van der Waals surface area contributed by atoms with Gasteiger partial charge in [-0.2, -0.15) is 8.42 Å². The number of aryl methyl sites for hydroxylation is 1. The minimum absolute atomic E-state index is 0.00358. The molecule has 41 heavy (non-hydrogen) atoms. The number of halogens is 1. The van der Waals surface area contributed by atoms with Crippen LogP contribution in [0.3, 0.4) is 0 Å². The molecule has 0 atom stereocenters. The van der Waals surface area contributed by atoms with Crippen LogP contribution in [0.15, 0.2) is 50.8 Å². The van der Waals surface area contributed by atoms with Crippen LogP contribution in [0.2, 0.25) is 0 Å². The number of carbonyl (C=O) groups excluding carboxylic acids is 2. The Morgan fingerprint density at radius 2 is 1.49 bits per heavy atom. The summed E-state index contributed by atoms with van der Waals surface area (Å²) in [6.45, 7) is 14.0. The van der Waals surface area contributed by atoms with Gasteiger partial charge in [-0.15, -0.1) is 0 Å². The molecular weight excluding hydrogens is 618 g/mol. The Morgan fingerprint density at radius 3 is 2.00 bits per heavy atom. The van der Waals surface area contributed by atoms with Gasteiger partial charge in [0, 0.05) is 6.07 Å². The number of aliphatic imine (C=N–C) groups is 1. The summed E-state index contributed by atoms with van der Waals surface area (Å²) in [5.41, 5.74) is -0.0791. The molecule has 2 rings (SSSR count). The van der Waals surface area contributed by atoms with E-state index in [1.165, 1.54) is 12.1 Å². The maximum absolute atomic E-state index is 12.4. The molecule has 0 spiro atoms. The fourth-order valence-electron chi connectivity index (χ4n) is 3.03. The van der Waals surface area contributed by atoms with Crippen molar-refractivity contribution in [2.24, 2.45) is 4.99 Å². The SMILES string of the molecule is CCCOS(=O)(=O)c1ccc(C)c(Oc2ccc(CN=C(NC(=O)OC(C)(C)C)NC(=O)OC(C)(C)C)cc2Br)c1. The van der Waals surface area contributed by atoms with Gasteiger partial charge in [0.25, 0.3) is 10.1 Å². The maximum atomic E-state index is 12.4. The van der Waals surface area contributed by atoms with Gasteiger partial charge in [0.05, 0.1) is 22.5 Å². The van der Waals surface area contributed by atoms with Crippen LogP contribution < -0.4 is 15.4 Å². The van der Waals surface area contributed by atoms with Crippen molar-refractivity contribution in [3.05, 3.63) is 52.0 Å². The van der Waals surface area contributed by atoms with E-state index in [2.05, 4.69) is 31.6 Å². The zero-order chi connectivity index (χ0) is 31.0. The molecule has 0 saturated heterocycles. The number of hydrogen-bond donors (Lipinski definition) is 2. The van der Waals surface area contributed by atoms with Crippen LogP contribution >= 0.6 is 15.9 Å². The summed E-state index contributed by atoms with van der Waals surface area (Å²) in [7, 11) is -3.91. The predicted molar refractivity (Wildman–Crippen MR) is 159 cm³/mol. The van der Waals surface area contributed by atoms with Gasteiger partial charge >= 0.3 is 12.2 Å². The fraction of sp³-hybridized carbons (Fsp3) is 0.464. The van der Waals surface area contributed by atoms with E-state index in [-0.39, 0.29) is 24.0 Å². The van der Waals surface area contributed by atoms with Crippen molar-refractivity contribution < 1.29 is 36.4 Å². The molecule has 0 aromatic heterocycles. The molecule has 0 radical (unpaired) electrons. The molecule has 2 aromatic rings. The first-order valence-electron chi connectivity index (χ1n) is 12.9. The minimum atomic E-state index is -3.91. The topological polar surface area (TPSA) is 142 Å². The monoisotopic (exact) mass is 655 g/mol. The van der Waals surface area contributed by atoms with Gasteiger partial charge in [0.15, 0.2) is 0 Å². The number of nitrogens with one attached hydrogen (secondary N) is 2. The van der Waals surface area contributed by atoms with E-state index >= 15 is 0 Å². The first-order valence-corrected chi connectivity index (χ1v) is 15.1. The summed E-state index contributed by atoms with van der Waals surface area (Å²) < 4.78 is 47.0. The van der Waals surface area contributed by atoms with Gasteiger partial charge in [-0.05, 0) is 100 Å². The van der Waals surface area contributed by atoms with Crippen LogP contribution in [0.1, 0.15) is 66.0 Å². The largest absolute Gasteiger partial charge is 0.456 e. The molecule has 0 unspecified atom stereocenters. The Balaban J connectivity index is 2.24. The Labute approximate surface area is 250 Å². The van der Waals surface area contributed by atoms with Crippen molar-refractivity contribution in [3.8, 4) is 11.5 Å². The molecule has 0 aliphatic heterocycles. The summed E-state index contributed by atoms with van der Waals surface area (Å²) in [5, 5.41) is 4.87. The van der Waals surface area contributed by atoms with Crippen LogP contribution in [0, 0.1) is 6.92 Å². The molecule has 0 heterocycles. The van der Waals surface area contributed by atoms with Crippen molar-refractivity contribution in [2.45, 2.75) is 84.5 Å². The lowest BCUT2D eigenvalue weighted by atomic mass is 10.2. The summed E-state index contributed by atoms with van der Waals surface area (Å²) in [6, 6.07) is 9.70. The van der Waals surface area contributed by atoms with E-state index in [4.69, 9.17) is 18.4 Å². The number of rotatable bonds is 8. The van der Waals surface area contributed by atoms with Gasteiger partial charge in [-0.1, -0.05) is 19.1 Å². The van der Waals surface area contributed by atoms with Crippen LogP contribution in [-0.2, 0) is 30.3 Å². The highest BCUT2D eigenvalue weighted by molar-refractivity contribution is 9.10. The van der Waals surface area contributed by atoms with Crippen molar-refractivity contribution >= 4 is 44.2 Å². The number of benzene rings is 2. The Morgan fingerprint density at radius 1 is 0.902 bits per heavy atom. The summed E-state index contributed by atoms with van der Waals surface area (Å²) in [5.74, 6) is 0.635. The Hall–Kier alpha value is -3.16. The number of carbonyl (C=O) groups is 2. The third kappa shape index (κ3) is 12.1. The van der Waals surface area contributed by atoms with Crippen molar-refractivity contribution in [3.63, 3.8) is 0 Å². The number of hydrogen-bond acceptors (Lipinski definition) is 9. The van der Waals surface area contributed by atoms with Gasteiger partial charge in [-0.3, -0.25) is 14.8 Å². The van der Waals surface area contributed by atoms with Crippen LogP contribution in [0.5, 0.6) is 11.5 Å². The molecule has 11 nitrogen and oxygen atoms in total. The normalized spacial score (nSPS) is 11.8. The van der Waals surface area contributed by atoms with E-state index in [1.807, 2.05) is 6.92 Å². The Kier molecular flexibility index (Phi) is 11.7. The second-order valence-corrected chi connectivity index (χ2v) is 13.5. The molecule has 0 bridgehead atoms. The molecule has 2 aromatic carbocycles. The first-order chi connectivity index (χ1) is 18.9. The zero-order valence-corrected chi connectivity index (χ0v) is 27.0. The number of nitrogens with zero attached hydrogens (tertiary/aromatic N) is 1. The average molecular weight is 657 g/mol.